The Labute approximate surface area is 101 Å². The second-order valence-electron chi connectivity index (χ2n) is 4.50. The molecule has 0 saturated heterocycles. The molecule has 3 heteroatoms. The molecule has 2 atom stereocenters. The molecular formula is C12H15Cl2N. The lowest BCUT2D eigenvalue weighted by atomic mass is 9.95. The zero-order valence-electron chi connectivity index (χ0n) is 8.98. The summed E-state index contributed by atoms with van der Waals surface area (Å²) in [4.78, 5) is 0. The number of nitrogens with one attached hydrogen (secondary N) is 1. The van der Waals surface area contributed by atoms with Crippen LogP contribution in [-0.4, -0.2) is 13.6 Å². The van der Waals surface area contributed by atoms with Gasteiger partial charge < -0.3 is 5.32 Å². The predicted molar refractivity (Wildman–Crippen MR) is 65.8 cm³/mol. The summed E-state index contributed by atoms with van der Waals surface area (Å²) in [5.41, 5.74) is 1.47. The van der Waals surface area contributed by atoms with Crippen LogP contribution < -0.4 is 5.32 Å². The van der Waals surface area contributed by atoms with Gasteiger partial charge in [0.15, 0.2) is 0 Å². The van der Waals surface area contributed by atoms with Crippen LogP contribution in [0.25, 0.3) is 0 Å². The Hall–Kier alpha value is -0.240. The average molecular weight is 244 g/mol. The molecule has 1 N–H and O–H groups in total. The van der Waals surface area contributed by atoms with Crippen LogP contribution in [-0.2, 0) is 5.41 Å². The SMILES string of the molecule is CNCC1CC1(C)c1ccc(Cl)cc1Cl. The highest BCUT2D eigenvalue weighted by molar-refractivity contribution is 6.35. The lowest BCUT2D eigenvalue weighted by molar-refractivity contribution is 0.617. The van der Waals surface area contributed by atoms with Crippen LogP contribution in [0.2, 0.25) is 10.0 Å². The maximum Gasteiger partial charge on any atom is 0.0458 e. The van der Waals surface area contributed by atoms with E-state index < -0.39 is 0 Å². The van der Waals surface area contributed by atoms with E-state index in [1.54, 1.807) is 0 Å². The summed E-state index contributed by atoms with van der Waals surface area (Å²) in [6, 6.07) is 5.81. The van der Waals surface area contributed by atoms with Crippen LogP contribution in [0.3, 0.4) is 0 Å². The number of halogens is 2. The minimum absolute atomic E-state index is 0.241. The molecule has 0 bridgehead atoms. The van der Waals surface area contributed by atoms with Crippen molar-refractivity contribution < 1.29 is 0 Å². The Bertz CT molecular complexity index is 378. The van der Waals surface area contributed by atoms with Gasteiger partial charge in [-0.1, -0.05) is 36.2 Å². The third-order valence-electron chi connectivity index (χ3n) is 3.41. The van der Waals surface area contributed by atoms with Gasteiger partial charge in [-0.3, -0.25) is 0 Å². The molecule has 0 heterocycles. The van der Waals surface area contributed by atoms with Crippen LogP contribution in [0.4, 0.5) is 0 Å². The fraction of sp³-hybridized carbons (Fsp3) is 0.500. The lowest BCUT2D eigenvalue weighted by Gasteiger charge is -2.14. The minimum Gasteiger partial charge on any atom is -0.319 e. The van der Waals surface area contributed by atoms with E-state index in [2.05, 4.69) is 18.3 Å². The minimum atomic E-state index is 0.241. The first kappa shape index (κ1) is 11.3. The van der Waals surface area contributed by atoms with Gasteiger partial charge in [0.2, 0.25) is 0 Å². The summed E-state index contributed by atoms with van der Waals surface area (Å²) in [7, 11) is 1.99. The van der Waals surface area contributed by atoms with Gasteiger partial charge in [-0.15, -0.1) is 0 Å². The van der Waals surface area contributed by atoms with Gasteiger partial charge in [0, 0.05) is 10.0 Å². The number of benzene rings is 1. The summed E-state index contributed by atoms with van der Waals surface area (Å²) >= 11 is 12.1. The van der Waals surface area contributed by atoms with E-state index in [0.717, 1.165) is 11.6 Å². The summed E-state index contributed by atoms with van der Waals surface area (Å²) in [5.74, 6) is 0.696. The van der Waals surface area contributed by atoms with Crippen molar-refractivity contribution in [3.05, 3.63) is 33.8 Å². The highest BCUT2D eigenvalue weighted by atomic mass is 35.5. The molecule has 1 nitrogen and oxygen atoms in total. The summed E-state index contributed by atoms with van der Waals surface area (Å²) < 4.78 is 0. The van der Waals surface area contributed by atoms with E-state index >= 15 is 0 Å². The predicted octanol–water partition coefficient (Wildman–Crippen LogP) is 3.49. The van der Waals surface area contributed by atoms with Crippen molar-refractivity contribution in [2.75, 3.05) is 13.6 Å². The van der Waals surface area contributed by atoms with Crippen molar-refractivity contribution in [3.8, 4) is 0 Å². The third-order valence-corrected chi connectivity index (χ3v) is 3.96. The van der Waals surface area contributed by atoms with Crippen molar-refractivity contribution in [1.29, 1.82) is 0 Å². The molecule has 1 saturated carbocycles. The molecule has 0 spiro atoms. The molecule has 15 heavy (non-hydrogen) atoms. The van der Waals surface area contributed by atoms with Crippen LogP contribution in [0, 0.1) is 5.92 Å². The van der Waals surface area contributed by atoms with Gasteiger partial charge in [-0.2, -0.15) is 0 Å². The summed E-state index contributed by atoms with van der Waals surface area (Å²) in [6.07, 6.45) is 1.20. The molecule has 0 radical (unpaired) electrons. The van der Waals surface area contributed by atoms with Crippen molar-refractivity contribution in [2.24, 2.45) is 5.92 Å². The van der Waals surface area contributed by atoms with Gasteiger partial charge in [0.25, 0.3) is 0 Å². The van der Waals surface area contributed by atoms with Crippen LogP contribution in [0.1, 0.15) is 18.9 Å². The Morgan fingerprint density at radius 2 is 2.20 bits per heavy atom. The van der Waals surface area contributed by atoms with Crippen LogP contribution in [0.5, 0.6) is 0 Å². The Morgan fingerprint density at radius 1 is 1.47 bits per heavy atom. The Morgan fingerprint density at radius 3 is 2.80 bits per heavy atom. The van der Waals surface area contributed by atoms with E-state index in [-0.39, 0.29) is 5.41 Å². The summed E-state index contributed by atoms with van der Waals surface area (Å²) in [6.45, 7) is 3.32. The first-order valence-electron chi connectivity index (χ1n) is 5.18. The molecule has 1 fully saturated rings. The molecule has 0 aliphatic heterocycles. The Kier molecular flexibility index (Phi) is 2.98. The molecule has 0 amide bonds. The molecule has 1 aliphatic rings. The van der Waals surface area contributed by atoms with E-state index in [4.69, 9.17) is 23.2 Å². The van der Waals surface area contributed by atoms with Crippen molar-refractivity contribution in [3.63, 3.8) is 0 Å². The fourth-order valence-electron chi connectivity index (χ4n) is 2.28. The van der Waals surface area contributed by atoms with E-state index in [0.29, 0.717) is 10.9 Å². The number of rotatable bonds is 3. The molecular weight excluding hydrogens is 229 g/mol. The molecule has 1 aromatic rings. The van der Waals surface area contributed by atoms with Crippen LogP contribution >= 0.6 is 23.2 Å². The molecule has 2 unspecified atom stereocenters. The first-order chi connectivity index (χ1) is 7.08. The van der Waals surface area contributed by atoms with Gasteiger partial charge in [-0.05, 0) is 49.0 Å². The average Bonchev–Trinajstić information content (AvgIpc) is 2.78. The highest BCUT2D eigenvalue weighted by Gasteiger charge is 2.51. The van der Waals surface area contributed by atoms with Crippen molar-refractivity contribution >= 4 is 23.2 Å². The zero-order chi connectivity index (χ0) is 11.1. The van der Waals surface area contributed by atoms with Gasteiger partial charge in [-0.25, -0.2) is 0 Å². The molecule has 2 rings (SSSR count). The molecule has 0 aromatic heterocycles. The smallest absolute Gasteiger partial charge is 0.0458 e. The zero-order valence-corrected chi connectivity index (χ0v) is 10.5. The van der Waals surface area contributed by atoms with E-state index in [1.807, 2.05) is 19.2 Å². The quantitative estimate of drug-likeness (QED) is 0.858. The number of hydrogen-bond donors (Lipinski definition) is 1. The maximum atomic E-state index is 6.21. The van der Waals surface area contributed by atoms with Crippen LogP contribution in [0.15, 0.2) is 18.2 Å². The first-order valence-corrected chi connectivity index (χ1v) is 5.93. The van der Waals surface area contributed by atoms with Crippen molar-refractivity contribution in [2.45, 2.75) is 18.8 Å². The second kappa shape index (κ2) is 3.97. The maximum absolute atomic E-state index is 6.21. The van der Waals surface area contributed by atoms with Gasteiger partial charge >= 0.3 is 0 Å². The van der Waals surface area contributed by atoms with E-state index in [1.165, 1.54) is 12.0 Å². The van der Waals surface area contributed by atoms with Gasteiger partial charge in [0.05, 0.1) is 0 Å². The topological polar surface area (TPSA) is 12.0 Å². The fourth-order valence-corrected chi connectivity index (χ4v) is 2.90. The summed E-state index contributed by atoms with van der Waals surface area (Å²) in [5, 5.41) is 4.72. The van der Waals surface area contributed by atoms with E-state index in [9.17, 15) is 0 Å². The highest BCUT2D eigenvalue weighted by Crippen LogP contribution is 2.55. The molecule has 1 aromatic carbocycles. The third kappa shape index (κ3) is 2.01. The normalized spacial score (nSPS) is 29.2. The second-order valence-corrected chi connectivity index (χ2v) is 5.34. The molecule has 82 valence electrons. The standard InChI is InChI=1S/C12H15Cl2N/c1-12(6-8(12)7-15-2)10-4-3-9(13)5-11(10)14/h3-5,8,15H,6-7H2,1-2H3. The number of hydrogen-bond acceptors (Lipinski definition) is 1. The Balaban J connectivity index is 2.24. The lowest BCUT2D eigenvalue weighted by Crippen LogP contribution is -2.16. The molecule has 1 aliphatic carbocycles. The largest absolute Gasteiger partial charge is 0.319 e. The van der Waals surface area contributed by atoms with Crippen molar-refractivity contribution in [1.82, 2.24) is 5.32 Å². The monoisotopic (exact) mass is 243 g/mol. The van der Waals surface area contributed by atoms with Gasteiger partial charge in [0.1, 0.15) is 0 Å².